The Morgan fingerprint density at radius 3 is 2.48 bits per heavy atom. The molecular weight excluding hydrogens is 318 g/mol. The third-order valence-electron chi connectivity index (χ3n) is 4.85. The molecule has 2 saturated heterocycles. The molecule has 1 aromatic heterocycles. The molecule has 8 heteroatoms. The van der Waals surface area contributed by atoms with Crippen LogP contribution >= 0.6 is 0 Å². The highest BCUT2D eigenvalue weighted by Gasteiger charge is 2.34. The van der Waals surface area contributed by atoms with Gasteiger partial charge in [-0.15, -0.1) is 0 Å². The Labute approximate surface area is 136 Å². The lowest BCUT2D eigenvalue weighted by Crippen LogP contribution is -2.48. The quantitative estimate of drug-likeness (QED) is 0.869. The fraction of sp³-hybridized carbons (Fsp3) is 0.733. The Kier molecular flexibility index (Phi) is 4.46. The summed E-state index contributed by atoms with van der Waals surface area (Å²) in [4.78, 5) is 14.6. The fourth-order valence-corrected chi connectivity index (χ4v) is 5.30. The van der Waals surface area contributed by atoms with Gasteiger partial charge in [0.05, 0.1) is 17.2 Å². The summed E-state index contributed by atoms with van der Waals surface area (Å²) in [5, 5.41) is 6.85. The molecule has 0 unspecified atom stereocenters. The zero-order chi connectivity index (χ0) is 16.6. The largest absolute Gasteiger partial charge is 0.361 e. The van der Waals surface area contributed by atoms with Crippen molar-refractivity contribution in [3.05, 3.63) is 17.0 Å². The number of likely N-dealkylation sites (tertiary alicyclic amines) is 1. The van der Waals surface area contributed by atoms with Gasteiger partial charge in [-0.2, -0.15) is 0 Å². The standard InChI is InChI=1S/C15H23N3O4S/c1-10-14(11(2)22-17-10)15(19)16-12-3-6-18(7-4-12)13-5-8-23(20,21)9-13/h12-13H,3-9H2,1-2H3,(H,16,19)/t13-/m1/s1. The number of aromatic nitrogens is 1. The van der Waals surface area contributed by atoms with Crippen molar-refractivity contribution in [1.29, 1.82) is 0 Å². The maximum atomic E-state index is 12.3. The molecule has 7 nitrogen and oxygen atoms in total. The van der Waals surface area contributed by atoms with Crippen LogP contribution in [0, 0.1) is 13.8 Å². The summed E-state index contributed by atoms with van der Waals surface area (Å²) in [7, 11) is -2.85. The summed E-state index contributed by atoms with van der Waals surface area (Å²) in [6.07, 6.45) is 2.41. The number of hydrogen-bond donors (Lipinski definition) is 1. The zero-order valence-electron chi connectivity index (χ0n) is 13.5. The minimum Gasteiger partial charge on any atom is -0.361 e. The third kappa shape index (κ3) is 3.58. The van der Waals surface area contributed by atoms with Gasteiger partial charge in [-0.3, -0.25) is 9.69 Å². The highest BCUT2D eigenvalue weighted by molar-refractivity contribution is 7.91. The van der Waals surface area contributed by atoms with E-state index in [4.69, 9.17) is 4.52 Å². The van der Waals surface area contributed by atoms with E-state index in [1.165, 1.54) is 0 Å². The van der Waals surface area contributed by atoms with Crippen molar-refractivity contribution in [2.75, 3.05) is 24.6 Å². The van der Waals surface area contributed by atoms with E-state index in [1.54, 1.807) is 13.8 Å². The molecule has 2 fully saturated rings. The van der Waals surface area contributed by atoms with Gasteiger partial charge in [-0.05, 0) is 33.1 Å². The number of aryl methyl sites for hydroxylation is 2. The van der Waals surface area contributed by atoms with Gasteiger partial charge in [0.15, 0.2) is 9.84 Å². The monoisotopic (exact) mass is 341 g/mol. The van der Waals surface area contributed by atoms with Crippen LogP contribution in [0.1, 0.15) is 41.1 Å². The van der Waals surface area contributed by atoms with Crippen LogP contribution in [-0.2, 0) is 9.84 Å². The van der Waals surface area contributed by atoms with Crippen molar-refractivity contribution in [3.63, 3.8) is 0 Å². The summed E-state index contributed by atoms with van der Waals surface area (Å²) in [5.74, 6) is 0.987. The van der Waals surface area contributed by atoms with E-state index in [0.29, 0.717) is 22.8 Å². The molecule has 0 aliphatic carbocycles. The van der Waals surface area contributed by atoms with Gasteiger partial charge in [-0.1, -0.05) is 5.16 Å². The highest BCUT2D eigenvalue weighted by Crippen LogP contribution is 2.22. The summed E-state index contributed by atoms with van der Waals surface area (Å²) in [6.45, 7) is 5.14. The number of nitrogens with one attached hydrogen (secondary N) is 1. The van der Waals surface area contributed by atoms with Crippen molar-refractivity contribution in [3.8, 4) is 0 Å². The lowest BCUT2D eigenvalue weighted by Gasteiger charge is -2.35. The Morgan fingerprint density at radius 2 is 1.96 bits per heavy atom. The summed E-state index contributed by atoms with van der Waals surface area (Å²) in [5.41, 5.74) is 1.13. The predicted octanol–water partition coefficient (Wildman–Crippen LogP) is 0.673. The van der Waals surface area contributed by atoms with Crippen LogP contribution in [0.25, 0.3) is 0 Å². The summed E-state index contributed by atoms with van der Waals surface area (Å²) < 4.78 is 28.2. The van der Waals surface area contributed by atoms with E-state index < -0.39 is 9.84 Å². The van der Waals surface area contributed by atoms with Gasteiger partial charge in [0.2, 0.25) is 0 Å². The topological polar surface area (TPSA) is 92.5 Å². The van der Waals surface area contributed by atoms with Gasteiger partial charge in [-0.25, -0.2) is 8.42 Å². The molecule has 2 aliphatic rings. The number of rotatable bonds is 3. The van der Waals surface area contributed by atoms with E-state index >= 15 is 0 Å². The SMILES string of the molecule is Cc1noc(C)c1C(=O)NC1CCN([C@@H]2CCS(=O)(=O)C2)CC1. The van der Waals surface area contributed by atoms with Gasteiger partial charge >= 0.3 is 0 Å². The molecule has 23 heavy (non-hydrogen) atoms. The fourth-order valence-electron chi connectivity index (χ4n) is 3.54. The number of amides is 1. The molecule has 0 bridgehead atoms. The first-order valence-corrected chi connectivity index (χ1v) is 9.86. The minimum absolute atomic E-state index is 0.116. The molecule has 0 aromatic carbocycles. The zero-order valence-corrected chi connectivity index (χ0v) is 14.4. The third-order valence-corrected chi connectivity index (χ3v) is 6.60. The van der Waals surface area contributed by atoms with Crippen LogP contribution in [0.3, 0.4) is 0 Å². The predicted molar refractivity (Wildman–Crippen MR) is 85.1 cm³/mol. The summed E-state index contributed by atoms with van der Waals surface area (Å²) in [6, 6.07) is 0.268. The van der Waals surface area contributed by atoms with Crippen LogP contribution in [0.4, 0.5) is 0 Å². The molecular formula is C15H23N3O4S. The van der Waals surface area contributed by atoms with Gasteiger partial charge in [0.25, 0.3) is 5.91 Å². The number of carbonyl (C=O) groups is 1. The number of sulfone groups is 1. The molecule has 1 amide bonds. The maximum absolute atomic E-state index is 12.3. The van der Waals surface area contributed by atoms with Crippen LogP contribution in [0.15, 0.2) is 4.52 Å². The second-order valence-electron chi connectivity index (χ2n) is 6.54. The Hall–Kier alpha value is -1.41. The first-order chi connectivity index (χ1) is 10.9. The first kappa shape index (κ1) is 16.4. The number of carbonyl (C=O) groups excluding carboxylic acids is 1. The van der Waals surface area contributed by atoms with E-state index in [0.717, 1.165) is 32.4 Å². The van der Waals surface area contributed by atoms with E-state index in [1.807, 2.05) is 0 Å². The van der Waals surface area contributed by atoms with E-state index in [9.17, 15) is 13.2 Å². The van der Waals surface area contributed by atoms with Crippen molar-refractivity contribution >= 4 is 15.7 Å². The summed E-state index contributed by atoms with van der Waals surface area (Å²) >= 11 is 0. The second-order valence-corrected chi connectivity index (χ2v) is 8.77. The maximum Gasteiger partial charge on any atom is 0.257 e. The first-order valence-electron chi connectivity index (χ1n) is 8.04. The Balaban J connectivity index is 1.53. The van der Waals surface area contributed by atoms with Crippen LogP contribution in [0.5, 0.6) is 0 Å². The Morgan fingerprint density at radius 1 is 1.26 bits per heavy atom. The lowest BCUT2D eigenvalue weighted by molar-refractivity contribution is 0.0896. The molecule has 1 N–H and O–H groups in total. The van der Waals surface area contributed by atoms with E-state index in [2.05, 4.69) is 15.4 Å². The van der Waals surface area contributed by atoms with Crippen LogP contribution < -0.4 is 5.32 Å². The highest BCUT2D eigenvalue weighted by atomic mass is 32.2. The molecule has 128 valence electrons. The average Bonchev–Trinajstić information content (AvgIpc) is 3.02. The van der Waals surface area contributed by atoms with Crippen molar-refractivity contribution in [2.45, 2.75) is 45.2 Å². The second kappa shape index (κ2) is 6.24. The van der Waals surface area contributed by atoms with Gasteiger partial charge in [0, 0.05) is 25.2 Å². The number of nitrogens with zero attached hydrogens (tertiary/aromatic N) is 2. The molecule has 0 radical (unpaired) electrons. The van der Waals surface area contributed by atoms with Gasteiger partial charge < -0.3 is 9.84 Å². The van der Waals surface area contributed by atoms with Crippen molar-refractivity contribution in [2.24, 2.45) is 0 Å². The molecule has 3 rings (SSSR count). The molecule has 3 heterocycles. The van der Waals surface area contributed by atoms with Crippen molar-refractivity contribution in [1.82, 2.24) is 15.4 Å². The molecule has 2 aliphatic heterocycles. The van der Waals surface area contributed by atoms with Crippen molar-refractivity contribution < 1.29 is 17.7 Å². The smallest absolute Gasteiger partial charge is 0.257 e. The minimum atomic E-state index is -2.85. The molecule has 1 atom stereocenters. The van der Waals surface area contributed by atoms with E-state index in [-0.39, 0.29) is 23.7 Å². The molecule has 0 saturated carbocycles. The number of hydrogen-bond acceptors (Lipinski definition) is 6. The molecule has 0 spiro atoms. The van der Waals surface area contributed by atoms with Crippen LogP contribution in [0.2, 0.25) is 0 Å². The lowest BCUT2D eigenvalue weighted by atomic mass is 10.0. The molecule has 1 aromatic rings. The van der Waals surface area contributed by atoms with Gasteiger partial charge in [0.1, 0.15) is 11.3 Å². The Bertz CT molecular complexity index is 670. The number of piperidine rings is 1. The normalized spacial score (nSPS) is 25.6. The average molecular weight is 341 g/mol. The van der Waals surface area contributed by atoms with Crippen LogP contribution in [-0.4, -0.2) is 61.1 Å².